The molecule has 0 saturated carbocycles. The highest BCUT2D eigenvalue weighted by molar-refractivity contribution is 6.02. The number of rotatable bonds is 3. The van der Waals surface area contributed by atoms with Gasteiger partial charge in [-0.05, 0) is 55.7 Å². The summed E-state index contributed by atoms with van der Waals surface area (Å²) in [5.74, 6) is 1.32. The zero-order valence-electron chi connectivity index (χ0n) is 11.4. The Kier molecular flexibility index (Phi) is 3.42. The molecule has 3 nitrogen and oxygen atoms in total. The van der Waals surface area contributed by atoms with Crippen LogP contribution in [0.25, 0.3) is 0 Å². The van der Waals surface area contributed by atoms with Crippen LogP contribution in [-0.4, -0.2) is 16.9 Å². The summed E-state index contributed by atoms with van der Waals surface area (Å²) in [6.45, 7) is 2.12. The predicted octanol–water partition coefficient (Wildman–Crippen LogP) is 4.16. The zero-order chi connectivity index (χ0) is 13.9. The molecule has 1 heterocycles. The Labute approximate surface area is 118 Å². The molecular weight excluding hydrogens is 250 g/mol. The number of aliphatic imine (C=N–C) groups is 1. The van der Waals surface area contributed by atoms with Gasteiger partial charge in [0.15, 0.2) is 11.5 Å². The van der Waals surface area contributed by atoms with E-state index in [0.29, 0.717) is 17.5 Å². The standard InChI is InChI=1S/C17H17NO2/c1-12-7-9-15(18-12)13-8-10-16(19)17(11-13)20-14-5-3-2-4-6-14/h2-6,8,10-12,19H,7,9H2,1H3. The fraction of sp³-hybridized carbons (Fsp3) is 0.235. The second-order valence-corrected chi connectivity index (χ2v) is 5.06. The molecular formula is C17H17NO2. The fourth-order valence-electron chi connectivity index (χ4n) is 2.35. The topological polar surface area (TPSA) is 41.8 Å². The SMILES string of the molecule is CC1CCC(c2ccc(O)c(Oc3ccccc3)c2)=N1. The molecule has 1 unspecified atom stereocenters. The molecule has 0 aromatic heterocycles. The lowest BCUT2D eigenvalue weighted by Gasteiger charge is -2.09. The minimum atomic E-state index is 0.143. The predicted molar refractivity (Wildman–Crippen MR) is 79.9 cm³/mol. The van der Waals surface area contributed by atoms with Gasteiger partial charge >= 0.3 is 0 Å². The van der Waals surface area contributed by atoms with Crippen LogP contribution in [0.5, 0.6) is 17.2 Å². The van der Waals surface area contributed by atoms with Crippen molar-refractivity contribution in [3.63, 3.8) is 0 Å². The van der Waals surface area contributed by atoms with Gasteiger partial charge < -0.3 is 9.84 Å². The molecule has 2 aromatic carbocycles. The van der Waals surface area contributed by atoms with Crippen molar-refractivity contribution in [2.24, 2.45) is 4.99 Å². The van der Waals surface area contributed by atoms with Crippen molar-refractivity contribution >= 4 is 5.71 Å². The maximum atomic E-state index is 9.93. The Balaban J connectivity index is 1.89. The summed E-state index contributed by atoms with van der Waals surface area (Å²) in [6.07, 6.45) is 2.07. The smallest absolute Gasteiger partial charge is 0.169 e. The second-order valence-electron chi connectivity index (χ2n) is 5.06. The van der Waals surface area contributed by atoms with E-state index in [1.54, 1.807) is 6.07 Å². The molecule has 1 atom stereocenters. The van der Waals surface area contributed by atoms with Gasteiger partial charge in [-0.2, -0.15) is 0 Å². The Morgan fingerprint density at radius 2 is 1.95 bits per heavy atom. The van der Waals surface area contributed by atoms with Crippen LogP contribution in [0.2, 0.25) is 0 Å². The van der Waals surface area contributed by atoms with Crippen molar-refractivity contribution in [2.45, 2.75) is 25.8 Å². The number of nitrogens with zero attached hydrogens (tertiary/aromatic N) is 1. The van der Waals surface area contributed by atoms with Gasteiger partial charge in [0.25, 0.3) is 0 Å². The molecule has 102 valence electrons. The number of aromatic hydroxyl groups is 1. The summed E-state index contributed by atoms with van der Waals surface area (Å²) in [5, 5.41) is 9.93. The molecule has 2 aromatic rings. The van der Waals surface area contributed by atoms with Gasteiger partial charge in [-0.25, -0.2) is 0 Å². The van der Waals surface area contributed by atoms with Gasteiger partial charge in [0.05, 0.1) is 0 Å². The van der Waals surface area contributed by atoms with Crippen LogP contribution < -0.4 is 4.74 Å². The monoisotopic (exact) mass is 267 g/mol. The Morgan fingerprint density at radius 3 is 2.65 bits per heavy atom. The maximum Gasteiger partial charge on any atom is 0.169 e. The van der Waals surface area contributed by atoms with E-state index in [1.807, 2.05) is 42.5 Å². The highest BCUT2D eigenvalue weighted by Crippen LogP contribution is 2.32. The van der Waals surface area contributed by atoms with Gasteiger partial charge in [-0.1, -0.05) is 18.2 Å². The second kappa shape index (κ2) is 5.37. The largest absolute Gasteiger partial charge is 0.504 e. The number of ether oxygens (including phenoxy) is 1. The highest BCUT2D eigenvalue weighted by Gasteiger charge is 2.16. The summed E-state index contributed by atoms with van der Waals surface area (Å²) in [5.41, 5.74) is 2.12. The average molecular weight is 267 g/mol. The molecule has 0 radical (unpaired) electrons. The van der Waals surface area contributed by atoms with Crippen LogP contribution in [0.15, 0.2) is 53.5 Å². The van der Waals surface area contributed by atoms with Crippen molar-refractivity contribution in [1.82, 2.24) is 0 Å². The van der Waals surface area contributed by atoms with Gasteiger partial charge in [0.1, 0.15) is 5.75 Å². The van der Waals surface area contributed by atoms with Gasteiger partial charge in [-0.15, -0.1) is 0 Å². The van der Waals surface area contributed by atoms with Crippen LogP contribution >= 0.6 is 0 Å². The molecule has 0 saturated heterocycles. The third-order valence-corrected chi connectivity index (χ3v) is 3.44. The fourth-order valence-corrected chi connectivity index (χ4v) is 2.35. The number of hydrogen-bond donors (Lipinski definition) is 1. The van der Waals surface area contributed by atoms with Crippen LogP contribution in [0.4, 0.5) is 0 Å². The minimum Gasteiger partial charge on any atom is -0.504 e. The maximum absolute atomic E-state index is 9.93. The third-order valence-electron chi connectivity index (χ3n) is 3.44. The van der Waals surface area contributed by atoms with E-state index in [2.05, 4.69) is 11.9 Å². The molecule has 3 rings (SSSR count). The van der Waals surface area contributed by atoms with E-state index in [9.17, 15) is 5.11 Å². The van der Waals surface area contributed by atoms with Crippen molar-refractivity contribution < 1.29 is 9.84 Å². The van der Waals surface area contributed by atoms with Crippen molar-refractivity contribution in [3.8, 4) is 17.2 Å². The number of benzene rings is 2. The molecule has 1 N–H and O–H groups in total. The molecule has 20 heavy (non-hydrogen) atoms. The van der Waals surface area contributed by atoms with Crippen LogP contribution in [-0.2, 0) is 0 Å². The van der Waals surface area contributed by atoms with E-state index < -0.39 is 0 Å². The number of hydrogen-bond acceptors (Lipinski definition) is 3. The van der Waals surface area contributed by atoms with E-state index in [1.165, 1.54) is 0 Å². The van der Waals surface area contributed by atoms with E-state index in [0.717, 1.165) is 24.1 Å². The van der Waals surface area contributed by atoms with E-state index >= 15 is 0 Å². The molecule has 0 spiro atoms. The molecule has 0 bridgehead atoms. The molecule has 0 amide bonds. The van der Waals surface area contributed by atoms with Gasteiger partial charge in [0, 0.05) is 11.8 Å². The summed E-state index contributed by atoms with van der Waals surface area (Å²) in [4.78, 5) is 4.62. The molecule has 0 fully saturated rings. The first-order valence-corrected chi connectivity index (χ1v) is 6.85. The molecule has 3 heteroatoms. The first kappa shape index (κ1) is 12.7. The van der Waals surface area contributed by atoms with E-state index in [4.69, 9.17) is 4.74 Å². The Bertz CT molecular complexity index is 635. The lowest BCUT2D eigenvalue weighted by molar-refractivity contribution is 0.411. The van der Waals surface area contributed by atoms with Crippen LogP contribution in [0.3, 0.4) is 0 Å². The summed E-state index contributed by atoms with van der Waals surface area (Å²) >= 11 is 0. The van der Waals surface area contributed by atoms with Gasteiger partial charge in [-0.3, -0.25) is 4.99 Å². The number of phenols is 1. The lowest BCUT2D eigenvalue weighted by Crippen LogP contribution is -1.96. The van der Waals surface area contributed by atoms with E-state index in [-0.39, 0.29) is 5.75 Å². The van der Waals surface area contributed by atoms with Crippen molar-refractivity contribution in [1.29, 1.82) is 0 Å². The number of para-hydroxylation sites is 1. The van der Waals surface area contributed by atoms with Crippen LogP contribution in [0, 0.1) is 0 Å². The van der Waals surface area contributed by atoms with Crippen LogP contribution in [0.1, 0.15) is 25.3 Å². The first-order valence-electron chi connectivity index (χ1n) is 6.85. The average Bonchev–Trinajstić information content (AvgIpc) is 2.89. The zero-order valence-corrected chi connectivity index (χ0v) is 11.4. The summed E-state index contributed by atoms with van der Waals surface area (Å²) in [7, 11) is 0. The quantitative estimate of drug-likeness (QED) is 0.907. The molecule has 0 aliphatic carbocycles. The summed E-state index contributed by atoms with van der Waals surface area (Å²) in [6, 6.07) is 15.3. The minimum absolute atomic E-state index is 0.143. The van der Waals surface area contributed by atoms with Crippen molar-refractivity contribution in [3.05, 3.63) is 54.1 Å². The normalized spacial score (nSPS) is 17.9. The van der Waals surface area contributed by atoms with Gasteiger partial charge in [0.2, 0.25) is 0 Å². The summed E-state index contributed by atoms with van der Waals surface area (Å²) < 4.78 is 5.73. The first-order chi connectivity index (χ1) is 9.72. The lowest BCUT2D eigenvalue weighted by atomic mass is 10.1. The molecule has 1 aliphatic rings. The third kappa shape index (κ3) is 2.67. The van der Waals surface area contributed by atoms with Crippen molar-refractivity contribution in [2.75, 3.05) is 0 Å². The molecule has 1 aliphatic heterocycles. The Hall–Kier alpha value is -2.29. The Morgan fingerprint density at radius 1 is 1.15 bits per heavy atom. The number of phenolic OH excluding ortho intramolecular Hbond substituents is 1. The highest BCUT2D eigenvalue weighted by atomic mass is 16.5.